The van der Waals surface area contributed by atoms with Gasteiger partial charge in [0.15, 0.2) is 0 Å². The van der Waals surface area contributed by atoms with E-state index in [-0.39, 0.29) is 5.75 Å². The molecule has 4 rings (SSSR count). The van der Waals surface area contributed by atoms with Crippen LogP contribution in [0.25, 0.3) is 5.69 Å². The van der Waals surface area contributed by atoms with E-state index in [0.717, 1.165) is 0 Å². The van der Waals surface area contributed by atoms with Crippen molar-refractivity contribution in [3.05, 3.63) is 77.0 Å². The zero-order valence-electron chi connectivity index (χ0n) is 18.4. The molecule has 0 saturated carbocycles. The number of nitrogens with zero attached hydrogens (tertiary/aromatic N) is 3. The van der Waals surface area contributed by atoms with Gasteiger partial charge in [0.05, 0.1) is 22.4 Å². The largest absolute Gasteiger partial charge is 0.480 e. The molecule has 1 unspecified atom stereocenters. The van der Waals surface area contributed by atoms with Crippen LogP contribution in [0.2, 0.25) is 0 Å². The lowest BCUT2D eigenvalue weighted by atomic mass is 9.87. The lowest BCUT2D eigenvalue weighted by Gasteiger charge is -2.24. The molecule has 6 nitrogen and oxygen atoms in total. The lowest BCUT2D eigenvalue weighted by Crippen LogP contribution is -2.38. The number of halogens is 2. The molecule has 0 spiro atoms. The first-order chi connectivity index (χ1) is 15.6. The van der Waals surface area contributed by atoms with Crippen LogP contribution in [-0.2, 0) is 15.0 Å². The van der Waals surface area contributed by atoms with Crippen molar-refractivity contribution < 1.29 is 23.5 Å². The van der Waals surface area contributed by atoms with Crippen LogP contribution in [0, 0.1) is 11.6 Å². The Balaban J connectivity index is 2.06. The SMILES string of the molecule is CC(C)(C)c1nn(-c2ccc(F)cc2)c2c1C(c1cccc(F)c1)SCC(=O)N2CC(=O)O. The number of carbonyl (C=O) groups is 2. The van der Waals surface area contributed by atoms with Gasteiger partial charge in [0, 0.05) is 11.0 Å². The third-order valence-corrected chi connectivity index (χ3v) is 6.57. The maximum Gasteiger partial charge on any atom is 0.323 e. The summed E-state index contributed by atoms with van der Waals surface area (Å²) in [5.41, 5.74) is 1.94. The molecule has 2 heterocycles. The molecular formula is C24H23F2N3O3S. The summed E-state index contributed by atoms with van der Waals surface area (Å²) in [4.78, 5) is 26.0. The van der Waals surface area contributed by atoms with Crippen molar-refractivity contribution in [3.63, 3.8) is 0 Å². The Morgan fingerprint density at radius 2 is 1.85 bits per heavy atom. The average molecular weight is 472 g/mol. The number of aliphatic carboxylic acids is 1. The van der Waals surface area contributed by atoms with Crippen LogP contribution in [0.4, 0.5) is 14.6 Å². The van der Waals surface area contributed by atoms with Gasteiger partial charge < -0.3 is 5.11 Å². The topological polar surface area (TPSA) is 75.4 Å². The fraction of sp³-hybridized carbons (Fsp3) is 0.292. The zero-order chi connectivity index (χ0) is 23.9. The minimum Gasteiger partial charge on any atom is -0.480 e. The highest BCUT2D eigenvalue weighted by molar-refractivity contribution is 8.00. The molecule has 1 aliphatic rings. The van der Waals surface area contributed by atoms with Gasteiger partial charge >= 0.3 is 5.97 Å². The van der Waals surface area contributed by atoms with Crippen LogP contribution < -0.4 is 4.90 Å². The van der Waals surface area contributed by atoms with Gasteiger partial charge in [0.2, 0.25) is 5.91 Å². The van der Waals surface area contributed by atoms with Crippen molar-refractivity contribution >= 4 is 29.5 Å². The van der Waals surface area contributed by atoms with Gasteiger partial charge in [-0.25, -0.2) is 13.5 Å². The van der Waals surface area contributed by atoms with Gasteiger partial charge in [-0.1, -0.05) is 32.9 Å². The van der Waals surface area contributed by atoms with Crippen molar-refractivity contribution in [2.45, 2.75) is 31.4 Å². The summed E-state index contributed by atoms with van der Waals surface area (Å²) in [6, 6.07) is 11.7. The normalized spacial score (nSPS) is 16.5. The highest BCUT2D eigenvalue weighted by atomic mass is 32.2. The van der Waals surface area contributed by atoms with E-state index in [0.29, 0.717) is 28.3 Å². The maximum absolute atomic E-state index is 14.1. The highest BCUT2D eigenvalue weighted by Gasteiger charge is 2.40. The van der Waals surface area contributed by atoms with Crippen molar-refractivity contribution in [2.75, 3.05) is 17.2 Å². The molecule has 1 amide bonds. The number of anilines is 1. The van der Waals surface area contributed by atoms with E-state index in [1.165, 1.54) is 57.7 Å². The van der Waals surface area contributed by atoms with E-state index in [1.807, 2.05) is 20.8 Å². The minimum absolute atomic E-state index is 0.0101. The van der Waals surface area contributed by atoms with E-state index >= 15 is 0 Å². The number of hydrogen-bond acceptors (Lipinski definition) is 4. The average Bonchev–Trinajstić information content (AvgIpc) is 3.07. The molecule has 3 aromatic rings. The molecule has 1 aliphatic heterocycles. The van der Waals surface area contributed by atoms with Crippen LogP contribution in [0.15, 0.2) is 48.5 Å². The summed E-state index contributed by atoms with van der Waals surface area (Å²) in [7, 11) is 0. The Morgan fingerprint density at radius 3 is 2.45 bits per heavy atom. The molecule has 1 atom stereocenters. The molecule has 0 radical (unpaired) electrons. The van der Waals surface area contributed by atoms with Crippen LogP contribution in [0.5, 0.6) is 0 Å². The number of hydrogen-bond donors (Lipinski definition) is 1. The Morgan fingerprint density at radius 1 is 1.15 bits per heavy atom. The number of fused-ring (bicyclic) bond motifs is 1. The van der Waals surface area contributed by atoms with Crippen molar-refractivity contribution in [1.82, 2.24) is 9.78 Å². The number of benzene rings is 2. The third-order valence-electron chi connectivity index (χ3n) is 5.32. The Labute approximate surface area is 194 Å². The van der Waals surface area contributed by atoms with Crippen LogP contribution in [-0.4, -0.2) is 39.1 Å². The van der Waals surface area contributed by atoms with Gasteiger partial charge in [-0.05, 0) is 42.0 Å². The first-order valence-electron chi connectivity index (χ1n) is 10.3. The molecule has 172 valence electrons. The molecule has 0 saturated heterocycles. The first-order valence-corrected chi connectivity index (χ1v) is 11.4. The van der Waals surface area contributed by atoms with Gasteiger partial charge in [-0.15, -0.1) is 11.8 Å². The number of carboxylic acids is 1. The summed E-state index contributed by atoms with van der Waals surface area (Å²) in [6.07, 6.45) is 0. The van der Waals surface area contributed by atoms with Gasteiger partial charge in [-0.2, -0.15) is 5.10 Å². The summed E-state index contributed by atoms with van der Waals surface area (Å²) in [5.74, 6) is -2.09. The van der Waals surface area contributed by atoms with E-state index < -0.39 is 40.7 Å². The van der Waals surface area contributed by atoms with Crippen molar-refractivity contribution in [2.24, 2.45) is 0 Å². The Hall–Kier alpha value is -3.20. The van der Waals surface area contributed by atoms with Crippen molar-refractivity contribution in [1.29, 1.82) is 0 Å². The van der Waals surface area contributed by atoms with E-state index in [1.54, 1.807) is 12.1 Å². The predicted molar refractivity (Wildman–Crippen MR) is 123 cm³/mol. The number of carbonyl (C=O) groups excluding carboxylic acids is 1. The quantitative estimate of drug-likeness (QED) is 0.597. The van der Waals surface area contributed by atoms with E-state index in [2.05, 4.69) is 0 Å². The van der Waals surface area contributed by atoms with Crippen LogP contribution in [0.3, 0.4) is 0 Å². The van der Waals surface area contributed by atoms with Crippen LogP contribution >= 0.6 is 11.8 Å². The van der Waals surface area contributed by atoms with E-state index in [9.17, 15) is 23.5 Å². The van der Waals surface area contributed by atoms with Crippen LogP contribution in [0.1, 0.15) is 42.8 Å². The zero-order valence-corrected chi connectivity index (χ0v) is 19.2. The number of aromatic nitrogens is 2. The fourth-order valence-corrected chi connectivity index (χ4v) is 5.09. The van der Waals surface area contributed by atoms with E-state index in [4.69, 9.17) is 5.10 Å². The molecule has 1 aromatic heterocycles. The fourth-order valence-electron chi connectivity index (χ4n) is 3.90. The highest BCUT2D eigenvalue weighted by Crippen LogP contribution is 2.48. The minimum atomic E-state index is -1.17. The van der Waals surface area contributed by atoms with Gasteiger partial charge in [-0.3, -0.25) is 14.5 Å². The monoisotopic (exact) mass is 471 g/mol. The second kappa shape index (κ2) is 8.62. The summed E-state index contributed by atoms with van der Waals surface area (Å²) in [5, 5.41) is 13.9. The predicted octanol–water partition coefficient (Wildman–Crippen LogP) is 4.70. The molecule has 0 fully saturated rings. The number of rotatable bonds is 4. The van der Waals surface area contributed by atoms with Gasteiger partial charge in [0.25, 0.3) is 0 Å². The second-order valence-corrected chi connectivity index (χ2v) is 9.94. The number of carboxylic acid groups (broad SMARTS) is 1. The Bertz CT molecular complexity index is 1220. The standard InChI is InChI=1S/C24H23F2N3O3S/c1-24(2,3)22-20-21(14-5-4-6-16(26)11-14)33-13-18(30)28(12-19(31)32)23(20)29(27-22)17-9-7-15(25)8-10-17/h4-11,21H,12-13H2,1-3H3,(H,31,32). The van der Waals surface area contributed by atoms with Crippen molar-refractivity contribution in [3.8, 4) is 5.69 Å². The maximum atomic E-state index is 14.1. The second-order valence-electron chi connectivity index (χ2n) is 8.84. The summed E-state index contributed by atoms with van der Waals surface area (Å²) >= 11 is 1.30. The molecule has 33 heavy (non-hydrogen) atoms. The summed E-state index contributed by atoms with van der Waals surface area (Å²) < 4.78 is 29.3. The summed E-state index contributed by atoms with van der Waals surface area (Å²) in [6.45, 7) is 5.34. The lowest BCUT2D eigenvalue weighted by molar-refractivity contribution is -0.136. The molecule has 0 aliphatic carbocycles. The molecule has 0 bridgehead atoms. The third kappa shape index (κ3) is 4.50. The first kappa shape index (κ1) is 23.0. The number of amides is 1. The molecule has 1 N–H and O–H groups in total. The molecule has 9 heteroatoms. The van der Waals surface area contributed by atoms with Gasteiger partial charge in [0.1, 0.15) is 24.0 Å². The molecule has 2 aromatic carbocycles. The Kier molecular flexibility index (Phi) is 6.00. The molecular weight excluding hydrogens is 448 g/mol. The smallest absolute Gasteiger partial charge is 0.323 e. The number of thioether (sulfide) groups is 1.